The molecular formula is C13H16FNO. The predicted molar refractivity (Wildman–Crippen MR) is 61.3 cm³/mol. The van der Waals surface area contributed by atoms with Crippen LogP contribution in [-0.2, 0) is 6.42 Å². The Bertz CT molecular complexity index is 397. The molecule has 0 spiro atoms. The first-order valence-corrected chi connectivity index (χ1v) is 5.68. The van der Waals surface area contributed by atoms with Gasteiger partial charge in [0, 0.05) is 11.6 Å². The molecule has 1 aliphatic heterocycles. The summed E-state index contributed by atoms with van der Waals surface area (Å²) in [5.74, 6) is -0.301. The minimum Gasteiger partial charge on any atom is -0.314 e. The van der Waals surface area contributed by atoms with E-state index < -0.39 is 0 Å². The summed E-state index contributed by atoms with van der Waals surface area (Å²) >= 11 is 0. The highest BCUT2D eigenvalue weighted by atomic mass is 19.1. The normalized spacial score (nSPS) is 20.0. The summed E-state index contributed by atoms with van der Waals surface area (Å²) in [5.41, 5.74) is 2.05. The molecule has 1 aromatic rings. The molecule has 3 heteroatoms. The largest absolute Gasteiger partial charge is 0.314 e. The molecule has 1 heterocycles. The average molecular weight is 221 g/mol. The van der Waals surface area contributed by atoms with Crippen LogP contribution < -0.4 is 5.32 Å². The molecule has 0 saturated carbocycles. The van der Waals surface area contributed by atoms with E-state index in [1.54, 1.807) is 13.0 Å². The first kappa shape index (κ1) is 11.3. The molecule has 2 rings (SSSR count). The molecule has 0 aromatic heterocycles. The highest BCUT2D eigenvalue weighted by Crippen LogP contribution is 2.18. The van der Waals surface area contributed by atoms with Gasteiger partial charge in [-0.15, -0.1) is 0 Å². The lowest BCUT2D eigenvalue weighted by atomic mass is 9.98. The Morgan fingerprint density at radius 1 is 1.56 bits per heavy atom. The van der Waals surface area contributed by atoms with Crippen LogP contribution in [-0.4, -0.2) is 18.9 Å². The van der Waals surface area contributed by atoms with E-state index >= 15 is 0 Å². The van der Waals surface area contributed by atoms with E-state index in [0.29, 0.717) is 17.2 Å². The molecule has 1 atom stereocenters. The zero-order valence-corrected chi connectivity index (χ0v) is 9.42. The van der Waals surface area contributed by atoms with Crippen molar-refractivity contribution in [3.63, 3.8) is 0 Å². The molecule has 0 radical (unpaired) electrons. The summed E-state index contributed by atoms with van der Waals surface area (Å²) in [6.07, 6.45) is 3.87. The number of hydrogen-bond acceptors (Lipinski definition) is 2. The van der Waals surface area contributed by atoms with Gasteiger partial charge in [-0.25, -0.2) is 4.39 Å². The van der Waals surface area contributed by atoms with Crippen molar-refractivity contribution in [1.82, 2.24) is 5.32 Å². The third kappa shape index (κ3) is 2.30. The number of aldehydes is 1. The van der Waals surface area contributed by atoms with Gasteiger partial charge >= 0.3 is 0 Å². The van der Waals surface area contributed by atoms with Crippen LogP contribution >= 0.6 is 0 Å². The highest BCUT2D eigenvalue weighted by molar-refractivity contribution is 5.77. The number of hydrogen-bond donors (Lipinski definition) is 1. The second-order valence-corrected chi connectivity index (χ2v) is 4.42. The fraction of sp³-hybridized carbons (Fsp3) is 0.462. The predicted octanol–water partition coefficient (Wildman–Crippen LogP) is 2.24. The first-order chi connectivity index (χ1) is 7.70. The maximum absolute atomic E-state index is 13.3. The number of aryl methyl sites for hydroxylation is 1. The fourth-order valence-electron chi connectivity index (χ4n) is 2.24. The van der Waals surface area contributed by atoms with E-state index in [0.717, 1.165) is 31.2 Å². The highest BCUT2D eigenvalue weighted by Gasteiger charge is 2.16. The van der Waals surface area contributed by atoms with Crippen molar-refractivity contribution in [1.29, 1.82) is 0 Å². The van der Waals surface area contributed by atoms with Crippen LogP contribution in [0.3, 0.4) is 0 Å². The van der Waals surface area contributed by atoms with Gasteiger partial charge in [-0.2, -0.15) is 0 Å². The summed E-state index contributed by atoms with van der Waals surface area (Å²) in [7, 11) is 0. The molecule has 86 valence electrons. The van der Waals surface area contributed by atoms with Gasteiger partial charge < -0.3 is 5.32 Å². The number of carbonyl (C=O) groups excluding carboxylic acids is 1. The minimum atomic E-state index is -0.301. The van der Waals surface area contributed by atoms with Gasteiger partial charge in [-0.05, 0) is 49.9 Å². The zero-order chi connectivity index (χ0) is 11.5. The van der Waals surface area contributed by atoms with Crippen LogP contribution in [0.5, 0.6) is 0 Å². The van der Waals surface area contributed by atoms with Crippen LogP contribution in [0, 0.1) is 12.7 Å². The van der Waals surface area contributed by atoms with E-state index in [4.69, 9.17) is 0 Å². The van der Waals surface area contributed by atoms with Crippen molar-refractivity contribution >= 4 is 6.29 Å². The third-order valence-corrected chi connectivity index (χ3v) is 3.18. The van der Waals surface area contributed by atoms with Crippen molar-refractivity contribution < 1.29 is 9.18 Å². The van der Waals surface area contributed by atoms with Gasteiger partial charge in [0.05, 0.1) is 0 Å². The Labute approximate surface area is 94.9 Å². The summed E-state index contributed by atoms with van der Waals surface area (Å²) < 4.78 is 13.3. The Hall–Kier alpha value is -1.22. The quantitative estimate of drug-likeness (QED) is 0.793. The number of carbonyl (C=O) groups is 1. The van der Waals surface area contributed by atoms with Gasteiger partial charge in [0.15, 0.2) is 0 Å². The van der Waals surface area contributed by atoms with Gasteiger partial charge in [0.25, 0.3) is 0 Å². The van der Waals surface area contributed by atoms with E-state index in [1.807, 2.05) is 0 Å². The van der Waals surface area contributed by atoms with Gasteiger partial charge in [-0.1, -0.05) is 6.07 Å². The Morgan fingerprint density at radius 2 is 2.38 bits per heavy atom. The standard InChI is InChI=1S/C13H16FNO/c1-9-5-10(6-12-3-2-4-15-12)11(8-16)7-13(9)14/h5,7-8,12,15H,2-4,6H2,1H3. The maximum atomic E-state index is 13.3. The molecule has 1 aliphatic rings. The van der Waals surface area contributed by atoms with Crippen molar-refractivity contribution in [3.05, 3.63) is 34.6 Å². The molecule has 0 aliphatic carbocycles. The fourth-order valence-corrected chi connectivity index (χ4v) is 2.24. The lowest BCUT2D eigenvalue weighted by molar-refractivity contribution is 0.112. The van der Waals surface area contributed by atoms with Crippen molar-refractivity contribution in [2.24, 2.45) is 0 Å². The Kier molecular flexibility index (Phi) is 3.34. The van der Waals surface area contributed by atoms with Crippen LogP contribution in [0.15, 0.2) is 12.1 Å². The minimum absolute atomic E-state index is 0.301. The third-order valence-electron chi connectivity index (χ3n) is 3.18. The van der Waals surface area contributed by atoms with E-state index in [1.165, 1.54) is 12.5 Å². The maximum Gasteiger partial charge on any atom is 0.150 e. The van der Waals surface area contributed by atoms with Gasteiger partial charge in [0.2, 0.25) is 0 Å². The molecule has 2 nitrogen and oxygen atoms in total. The molecule has 1 unspecified atom stereocenters. The molecule has 0 bridgehead atoms. The van der Waals surface area contributed by atoms with E-state index in [2.05, 4.69) is 5.32 Å². The topological polar surface area (TPSA) is 29.1 Å². The SMILES string of the molecule is Cc1cc(CC2CCCN2)c(C=O)cc1F. The summed E-state index contributed by atoms with van der Waals surface area (Å²) in [6.45, 7) is 2.77. The van der Waals surface area contributed by atoms with Crippen molar-refractivity contribution in [2.45, 2.75) is 32.2 Å². The van der Waals surface area contributed by atoms with Crippen LogP contribution in [0.4, 0.5) is 4.39 Å². The Morgan fingerprint density at radius 3 is 3.00 bits per heavy atom. The molecule has 1 saturated heterocycles. The number of rotatable bonds is 3. The lowest BCUT2D eigenvalue weighted by Gasteiger charge is -2.12. The lowest BCUT2D eigenvalue weighted by Crippen LogP contribution is -2.24. The number of nitrogens with one attached hydrogen (secondary N) is 1. The first-order valence-electron chi connectivity index (χ1n) is 5.68. The zero-order valence-electron chi connectivity index (χ0n) is 9.42. The van der Waals surface area contributed by atoms with Crippen molar-refractivity contribution in [3.8, 4) is 0 Å². The molecule has 1 N–H and O–H groups in total. The second-order valence-electron chi connectivity index (χ2n) is 4.42. The van der Waals surface area contributed by atoms with Crippen molar-refractivity contribution in [2.75, 3.05) is 6.54 Å². The smallest absolute Gasteiger partial charge is 0.150 e. The molecular weight excluding hydrogens is 205 g/mol. The van der Waals surface area contributed by atoms with Crippen LogP contribution in [0.1, 0.15) is 34.3 Å². The monoisotopic (exact) mass is 221 g/mol. The molecule has 16 heavy (non-hydrogen) atoms. The van der Waals surface area contributed by atoms with E-state index in [9.17, 15) is 9.18 Å². The molecule has 1 aromatic carbocycles. The van der Waals surface area contributed by atoms with Gasteiger partial charge in [0.1, 0.15) is 12.1 Å². The number of halogens is 1. The molecule has 0 amide bonds. The summed E-state index contributed by atoms with van der Waals surface area (Å²) in [6, 6.07) is 3.56. The van der Waals surface area contributed by atoms with E-state index in [-0.39, 0.29) is 5.82 Å². The summed E-state index contributed by atoms with van der Waals surface area (Å²) in [4.78, 5) is 10.9. The Balaban J connectivity index is 2.24. The summed E-state index contributed by atoms with van der Waals surface area (Å²) in [5, 5.41) is 3.38. The van der Waals surface area contributed by atoms with Crippen LogP contribution in [0.2, 0.25) is 0 Å². The molecule has 1 fully saturated rings. The average Bonchev–Trinajstić information content (AvgIpc) is 2.76. The number of benzene rings is 1. The van der Waals surface area contributed by atoms with Crippen LogP contribution in [0.25, 0.3) is 0 Å². The second kappa shape index (κ2) is 4.74. The van der Waals surface area contributed by atoms with Gasteiger partial charge in [-0.3, -0.25) is 4.79 Å².